The molecule has 0 spiro atoms. The second kappa shape index (κ2) is 30.1. The molecule has 0 bridgehead atoms. The van der Waals surface area contributed by atoms with Crippen LogP contribution >= 0.6 is 19.1 Å². The van der Waals surface area contributed by atoms with Gasteiger partial charge in [0.1, 0.15) is 0 Å². The third kappa shape index (κ3) is 20.4. The van der Waals surface area contributed by atoms with E-state index in [9.17, 15) is 0 Å². The second-order valence-electron chi connectivity index (χ2n) is 0. The van der Waals surface area contributed by atoms with Gasteiger partial charge in [-0.3, -0.25) is 0 Å². The Labute approximate surface area is 77.3 Å². The molecule has 0 atom stereocenters. The van der Waals surface area contributed by atoms with E-state index in [2.05, 4.69) is 55.4 Å². The molecular formula is Cl2MgPd2. The molecule has 0 saturated heterocycles. The van der Waals surface area contributed by atoms with Gasteiger partial charge in [0.25, 0.3) is 0 Å². The Kier molecular flexibility index (Phi) is 94.1. The Bertz CT molecular complexity index is 7.61. The predicted molar refractivity (Wildman–Crippen MR) is 17.5 cm³/mol. The van der Waals surface area contributed by atoms with E-state index in [1.54, 1.807) is 0 Å². The zero-order chi connectivity index (χ0) is 4.00. The molecule has 0 radical (unpaired) electrons. The third-order valence-corrected chi connectivity index (χ3v) is 0. The summed E-state index contributed by atoms with van der Waals surface area (Å²) in [6, 6.07) is 0. The number of hydrogen-bond acceptors (Lipinski definition) is 0. The summed E-state index contributed by atoms with van der Waals surface area (Å²) in [5, 5.41) is 0. The average Bonchev–Trinajstić information content (AvgIpc) is 1.50. The van der Waals surface area contributed by atoms with Crippen LogP contribution in [0.3, 0.4) is 0 Å². The first kappa shape index (κ1) is 15.6. The van der Waals surface area contributed by atoms with Crippen molar-refractivity contribution in [2.45, 2.75) is 0 Å². The predicted octanol–water partition coefficient (Wildman–Crippen LogP) is 0.993. The standard InChI is InChI=1S/2ClH.Mg.2Pd/h2*1H;;;/q;;+2;;/p-2. The zero-order valence-corrected chi connectivity index (χ0v) is 8.13. The Balaban J connectivity index is -0.0000000133. The largest absolute Gasteiger partial charge is 2.00 e. The van der Waals surface area contributed by atoms with Crippen molar-refractivity contribution in [1.29, 1.82) is 0 Å². The molecule has 5 heteroatoms. The topological polar surface area (TPSA) is 0 Å². The van der Waals surface area contributed by atoms with Crippen molar-refractivity contribution >= 4 is 42.1 Å². The van der Waals surface area contributed by atoms with Crippen LogP contribution in [0.2, 0.25) is 0 Å². The van der Waals surface area contributed by atoms with Crippen LogP contribution < -0.4 is 0 Å². The van der Waals surface area contributed by atoms with E-state index in [0.29, 0.717) is 0 Å². The van der Waals surface area contributed by atoms with Gasteiger partial charge < -0.3 is 0 Å². The van der Waals surface area contributed by atoms with Crippen LogP contribution in [0.25, 0.3) is 0 Å². The molecule has 0 amide bonds. The second-order valence-corrected chi connectivity index (χ2v) is 0. The quantitative estimate of drug-likeness (QED) is 0.586. The van der Waals surface area contributed by atoms with Crippen molar-refractivity contribution in [3.8, 4) is 0 Å². The van der Waals surface area contributed by atoms with E-state index in [1.165, 1.54) is 0 Å². The molecule has 0 saturated carbocycles. The summed E-state index contributed by atoms with van der Waals surface area (Å²) in [6.07, 6.45) is 0. The van der Waals surface area contributed by atoms with Gasteiger partial charge in [-0.15, -0.1) is 0 Å². The molecule has 0 unspecified atom stereocenters. The van der Waals surface area contributed by atoms with Crippen molar-refractivity contribution in [2.24, 2.45) is 0 Å². The monoisotopic (exact) mass is 306 g/mol. The maximum Gasteiger partial charge on any atom is 2.00 e. The Morgan fingerprint density at radius 3 is 0.800 bits per heavy atom. The van der Waals surface area contributed by atoms with Crippen LogP contribution in [0.1, 0.15) is 0 Å². The van der Waals surface area contributed by atoms with E-state index >= 15 is 0 Å². The average molecular weight is 308 g/mol. The smallest absolute Gasteiger partial charge is 2.00 e. The molecule has 0 aliphatic carbocycles. The number of halogens is 2. The molecule has 36 valence electrons. The van der Waals surface area contributed by atoms with Gasteiger partial charge in [-0.2, -0.15) is 0 Å². The van der Waals surface area contributed by atoms with E-state index in [4.69, 9.17) is 0 Å². The number of rotatable bonds is 0. The molecule has 0 aromatic carbocycles. The normalized spacial score (nSPS) is 2.80. The van der Waals surface area contributed by atoms with Crippen LogP contribution in [0, 0.1) is 0 Å². The summed E-state index contributed by atoms with van der Waals surface area (Å²) in [6.45, 7) is 0. The fourth-order valence-corrected chi connectivity index (χ4v) is 0. The SMILES string of the molecule is [Cl][Pd-].[Cl][Pd-].[Mg+2]. The minimum Gasteiger partial charge on any atom is 2.00 e. The summed E-state index contributed by atoms with van der Waals surface area (Å²) in [5.74, 6) is 0. The molecule has 0 aromatic heterocycles. The fourth-order valence-electron chi connectivity index (χ4n) is 0. The first-order valence-corrected chi connectivity index (χ1v) is 4.24. The van der Waals surface area contributed by atoms with E-state index in [0.717, 1.165) is 0 Å². The van der Waals surface area contributed by atoms with Gasteiger partial charge in [0, 0.05) is 0 Å². The summed E-state index contributed by atoms with van der Waals surface area (Å²) < 4.78 is 0. The fraction of sp³-hybridized carbons (Fsp3) is 0. The molecule has 0 aliphatic heterocycles. The van der Waals surface area contributed by atoms with E-state index < -0.39 is 0 Å². The van der Waals surface area contributed by atoms with Crippen LogP contribution in [0.5, 0.6) is 0 Å². The summed E-state index contributed by atoms with van der Waals surface area (Å²) >= 11 is 4.44. The molecule has 0 rings (SSSR count). The van der Waals surface area contributed by atoms with Crippen molar-refractivity contribution in [3.63, 3.8) is 0 Å². The molecule has 0 heterocycles. The van der Waals surface area contributed by atoms with Gasteiger partial charge in [-0.25, -0.2) is 0 Å². The molecule has 0 fully saturated rings. The summed E-state index contributed by atoms with van der Waals surface area (Å²) in [4.78, 5) is 0. The van der Waals surface area contributed by atoms with Crippen LogP contribution in [-0.4, -0.2) is 23.1 Å². The van der Waals surface area contributed by atoms with Crippen LogP contribution in [-0.2, 0) is 36.4 Å². The maximum atomic E-state index is 4.49. The molecule has 0 nitrogen and oxygen atoms in total. The van der Waals surface area contributed by atoms with Gasteiger partial charge in [0.05, 0.1) is 0 Å². The van der Waals surface area contributed by atoms with Gasteiger partial charge >= 0.3 is 78.5 Å². The molecule has 5 heavy (non-hydrogen) atoms. The Morgan fingerprint density at radius 1 is 0.800 bits per heavy atom. The van der Waals surface area contributed by atoms with Crippen molar-refractivity contribution in [1.82, 2.24) is 0 Å². The van der Waals surface area contributed by atoms with Crippen LogP contribution in [0.4, 0.5) is 0 Å². The molecule has 0 N–H and O–H groups in total. The van der Waals surface area contributed by atoms with Crippen LogP contribution in [0.15, 0.2) is 0 Å². The van der Waals surface area contributed by atoms with Gasteiger partial charge in [-0.05, 0) is 0 Å². The zero-order valence-electron chi connectivity index (χ0n) is 2.10. The molecule has 0 aliphatic rings. The van der Waals surface area contributed by atoms with Gasteiger partial charge in [0.2, 0.25) is 0 Å². The van der Waals surface area contributed by atoms with E-state index in [-0.39, 0.29) is 23.1 Å². The summed E-state index contributed by atoms with van der Waals surface area (Å²) in [5.41, 5.74) is 0. The van der Waals surface area contributed by atoms with Gasteiger partial charge in [-0.1, -0.05) is 0 Å². The van der Waals surface area contributed by atoms with E-state index in [1.807, 2.05) is 0 Å². The molecular weight excluding hydrogens is 308 g/mol. The third-order valence-electron chi connectivity index (χ3n) is 0. The Morgan fingerprint density at radius 2 is 0.800 bits per heavy atom. The molecule has 0 aromatic rings. The summed E-state index contributed by atoms with van der Waals surface area (Å²) in [7, 11) is 8.98. The minimum atomic E-state index is 0. The van der Waals surface area contributed by atoms with Gasteiger partial charge in [0.15, 0.2) is 0 Å². The Hall–Kier alpha value is 2.67. The van der Waals surface area contributed by atoms with Crippen molar-refractivity contribution in [3.05, 3.63) is 0 Å². The van der Waals surface area contributed by atoms with Crippen molar-refractivity contribution in [2.75, 3.05) is 0 Å². The first-order chi connectivity index (χ1) is 2.00. The van der Waals surface area contributed by atoms with Crippen molar-refractivity contribution < 1.29 is 36.4 Å². The number of hydrogen-bond donors (Lipinski definition) is 0. The minimum absolute atomic E-state index is 0. The maximum absolute atomic E-state index is 4.49. The first-order valence-electron chi connectivity index (χ1n) is 0.239.